The molecule has 4 unspecified atom stereocenters. The first kappa shape index (κ1) is 18.1. The van der Waals surface area contributed by atoms with Crippen molar-refractivity contribution >= 4 is 11.4 Å². The van der Waals surface area contributed by atoms with Crippen LogP contribution in [0.1, 0.15) is 70.8 Å². The second-order valence-electron chi connectivity index (χ2n) is 11.1. The van der Waals surface area contributed by atoms with Crippen molar-refractivity contribution in [2.75, 3.05) is 0 Å². The van der Waals surface area contributed by atoms with Crippen molar-refractivity contribution in [1.29, 1.82) is 0 Å². The molecule has 0 aliphatic heterocycles. The molecule has 0 bridgehead atoms. The van der Waals surface area contributed by atoms with Gasteiger partial charge in [0.15, 0.2) is 5.78 Å². The third kappa shape index (κ3) is 2.53. The highest BCUT2D eigenvalue weighted by atomic mass is 16.1. The van der Waals surface area contributed by atoms with Crippen LogP contribution in [0.15, 0.2) is 42.3 Å². The van der Waals surface area contributed by atoms with E-state index >= 15 is 0 Å². The van der Waals surface area contributed by atoms with E-state index in [4.69, 9.17) is 0 Å². The summed E-state index contributed by atoms with van der Waals surface area (Å²) in [7, 11) is 0. The summed E-state index contributed by atoms with van der Waals surface area (Å²) in [5, 5.41) is 0. The van der Waals surface area contributed by atoms with E-state index in [0.29, 0.717) is 17.1 Å². The summed E-state index contributed by atoms with van der Waals surface area (Å²) < 4.78 is 0. The number of pyridine rings is 1. The Bertz CT molecular complexity index is 910. The summed E-state index contributed by atoms with van der Waals surface area (Å²) in [6.07, 6.45) is 18.4. The van der Waals surface area contributed by atoms with E-state index in [1.165, 1.54) is 44.1 Å². The Morgan fingerprint density at radius 2 is 1.93 bits per heavy atom. The second kappa shape index (κ2) is 6.15. The summed E-state index contributed by atoms with van der Waals surface area (Å²) in [4.78, 5) is 16.8. The molecule has 152 valence electrons. The number of aromatic nitrogens is 1. The van der Waals surface area contributed by atoms with Gasteiger partial charge in [-0.1, -0.05) is 31.6 Å². The zero-order valence-electron chi connectivity index (χ0n) is 17.9. The highest BCUT2D eigenvalue weighted by molar-refractivity contribution is 5.91. The molecule has 5 aliphatic carbocycles. The van der Waals surface area contributed by atoms with Crippen LogP contribution in [0.4, 0.5) is 0 Å². The molecule has 3 fully saturated rings. The number of nitrogens with zero attached hydrogens (tertiary/aromatic N) is 1. The molecule has 1 heterocycles. The fourth-order valence-corrected chi connectivity index (χ4v) is 8.18. The van der Waals surface area contributed by atoms with Gasteiger partial charge in [0.25, 0.3) is 0 Å². The number of hydrogen-bond donors (Lipinski definition) is 0. The molecule has 2 nitrogen and oxygen atoms in total. The second-order valence-corrected chi connectivity index (χ2v) is 11.1. The SMILES string of the molecule is C[C@]12CCC(=O)C=C1C(C1CC1)CC1C2CC[C@]2(C)C(c3cccnc3)=CCC12. The average molecular weight is 388 g/mol. The van der Waals surface area contributed by atoms with Crippen LogP contribution in [-0.4, -0.2) is 10.8 Å². The van der Waals surface area contributed by atoms with E-state index in [2.05, 4.69) is 49.3 Å². The Morgan fingerprint density at radius 1 is 1.07 bits per heavy atom. The predicted octanol–water partition coefficient (Wildman–Crippen LogP) is 6.24. The fourth-order valence-electron chi connectivity index (χ4n) is 8.18. The lowest BCUT2D eigenvalue weighted by molar-refractivity contribution is -0.117. The number of ketones is 1. The molecule has 1 aromatic heterocycles. The van der Waals surface area contributed by atoms with E-state index in [1.807, 2.05) is 6.20 Å². The highest BCUT2D eigenvalue weighted by Gasteiger charge is 2.60. The molecule has 1 aromatic rings. The van der Waals surface area contributed by atoms with Gasteiger partial charge in [0, 0.05) is 18.8 Å². The maximum absolute atomic E-state index is 12.4. The van der Waals surface area contributed by atoms with Crippen LogP contribution in [0.2, 0.25) is 0 Å². The van der Waals surface area contributed by atoms with Gasteiger partial charge in [-0.2, -0.15) is 0 Å². The van der Waals surface area contributed by atoms with E-state index < -0.39 is 0 Å². The number of fused-ring (bicyclic) bond motifs is 5. The lowest BCUT2D eigenvalue weighted by atomic mass is 9.44. The van der Waals surface area contributed by atoms with E-state index in [9.17, 15) is 4.79 Å². The van der Waals surface area contributed by atoms with Gasteiger partial charge < -0.3 is 0 Å². The Kier molecular flexibility index (Phi) is 3.84. The number of rotatable bonds is 2. The summed E-state index contributed by atoms with van der Waals surface area (Å²) in [5.74, 6) is 4.25. The average Bonchev–Trinajstić information content (AvgIpc) is 3.50. The van der Waals surface area contributed by atoms with E-state index in [1.54, 1.807) is 11.1 Å². The summed E-state index contributed by atoms with van der Waals surface area (Å²) >= 11 is 0. The smallest absolute Gasteiger partial charge is 0.155 e. The first-order valence-electron chi connectivity index (χ1n) is 11.9. The standard InChI is InChI=1S/C27H33NO/c1-26-12-10-24-21(23(26)8-7-22(26)18-4-3-13-28-16-18)15-20(17-5-6-17)25-14-19(29)9-11-27(24,25)2/h3-4,7,13-14,16-17,20-21,23-24H,5-6,8-12,15H2,1-2H3/t20?,21?,23?,24?,26-,27-/m1/s1. The summed E-state index contributed by atoms with van der Waals surface area (Å²) in [6, 6.07) is 4.33. The van der Waals surface area contributed by atoms with Crippen LogP contribution in [0.5, 0.6) is 0 Å². The number of hydrogen-bond acceptors (Lipinski definition) is 2. The van der Waals surface area contributed by atoms with Gasteiger partial charge in [-0.3, -0.25) is 9.78 Å². The van der Waals surface area contributed by atoms with Gasteiger partial charge in [0.1, 0.15) is 0 Å². The quantitative estimate of drug-likeness (QED) is 0.601. The molecule has 3 saturated carbocycles. The topological polar surface area (TPSA) is 30.0 Å². The summed E-state index contributed by atoms with van der Waals surface area (Å²) in [6.45, 7) is 5.08. The molecular formula is C27H33NO. The van der Waals surface area contributed by atoms with E-state index in [0.717, 1.165) is 36.5 Å². The van der Waals surface area contributed by atoms with Gasteiger partial charge in [-0.15, -0.1) is 0 Å². The molecule has 29 heavy (non-hydrogen) atoms. The molecule has 6 rings (SSSR count). The number of carbonyl (C=O) groups excluding carboxylic acids is 1. The monoisotopic (exact) mass is 387 g/mol. The van der Waals surface area contributed by atoms with Crippen molar-refractivity contribution in [2.24, 2.45) is 40.4 Å². The molecule has 0 N–H and O–H groups in total. The zero-order chi connectivity index (χ0) is 19.8. The molecule has 0 spiro atoms. The van der Waals surface area contributed by atoms with Crippen LogP contribution < -0.4 is 0 Å². The Hall–Kier alpha value is -1.70. The normalized spacial score (nSPS) is 43.7. The third-order valence-electron chi connectivity index (χ3n) is 9.79. The predicted molar refractivity (Wildman–Crippen MR) is 116 cm³/mol. The molecular weight excluding hydrogens is 354 g/mol. The van der Waals surface area contributed by atoms with Crippen LogP contribution in [0, 0.1) is 40.4 Å². The van der Waals surface area contributed by atoms with E-state index in [-0.39, 0.29) is 5.41 Å². The highest BCUT2D eigenvalue weighted by Crippen LogP contribution is 2.69. The molecule has 6 atom stereocenters. The first-order chi connectivity index (χ1) is 14.0. The zero-order valence-corrected chi connectivity index (χ0v) is 17.9. The molecule has 0 saturated heterocycles. The molecule has 0 amide bonds. The summed E-state index contributed by atoms with van der Waals surface area (Å²) in [5.41, 5.74) is 5.02. The number of carbonyl (C=O) groups is 1. The first-order valence-corrected chi connectivity index (χ1v) is 11.9. The Labute approximate surface area is 174 Å². The lowest BCUT2D eigenvalue weighted by Gasteiger charge is -2.60. The molecule has 2 heteroatoms. The van der Waals surface area contributed by atoms with Crippen molar-refractivity contribution in [3.63, 3.8) is 0 Å². The largest absolute Gasteiger partial charge is 0.295 e. The lowest BCUT2D eigenvalue weighted by Crippen LogP contribution is -2.52. The Morgan fingerprint density at radius 3 is 2.69 bits per heavy atom. The van der Waals surface area contributed by atoms with Crippen molar-refractivity contribution < 1.29 is 4.79 Å². The minimum Gasteiger partial charge on any atom is -0.295 e. The van der Waals surface area contributed by atoms with Crippen molar-refractivity contribution in [2.45, 2.75) is 65.2 Å². The van der Waals surface area contributed by atoms with Crippen molar-refractivity contribution in [3.05, 3.63) is 47.8 Å². The van der Waals surface area contributed by atoms with Crippen LogP contribution in [0.3, 0.4) is 0 Å². The van der Waals surface area contributed by atoms with Crippen LogP contribution >= 0.6 is 0 Å². The van der Waals surface area contributed by atoms with Gasteiger partial charge in [0.2, 0.25) is 0 Å². The maximum Gasteiger partial charge on any atom is 0.155 e. The molecule has 0 radical (unpaired) electrons. The van der Waals surface area contributed by atoms with Crippen molar-refractivity contribution in [1.82, 2.24) is 4.98 Å². The molecule has 0 aromatic carbocycles. The van der Waals surface area contributed by atoms with Crippen LogP contribution in [0.25, 0.3) is 5.57 Å². The van der Waals surface area contributed by atoms with Crippen molar-refractivity contribution in [3.8, 4) is 0 Å². The van der Waals surface area contributed by atoms with Gasteiger partial charge in [0.05, 0.1) is 0 Å². The Balaban J connectivity index is 1.38. The number of allylic oxidation sites excluding steroid dienone is 4. The van der Waals surface area contributed by atoms with Gasteiger partial charge in [-0.05, 0) is 109 Å². The van der Waals surface area contributed by atoms with Crippen LogP contribution in [-0.2, 0) is 4.79 Å². The molecule has 5 aliphatic rings. The minimum absolute atomic E-state index is 0.266. The third-order valence-corrected chi connectivity index (χ3v) is 9.79. The van der Waals surface area contributed by atoms with Gasteiger partial charge in [-0.25, -0.2) is 0 Å². The fraction of sp³-hybridized carbons (Fsp3) is 0.630. The minimum atomic E-state index is 0.266. The van der Waals surface area contributed by atoms with Gasteiger partial charge >= 0.3 is 0 Å². The maximum atomic E-state index is 12.4.